The van der Waals surface area contributed by atoms with Crippen molar-refractivity contribution in [1.29, 1.82) is 0 Å². The summed E-state index contributed by atoms with van der Waals surface area (Å²) < 4.78 is 1.95. The Morgan fingerprint density at radius 2 is 2.12 bits per heavy atom. The van der Waals surface area contributed by atoms with Crippen molar-refractivity contribution < 1.29 is 0 Å². The van der Waals surface area contributed by atoms with Gasteiger partial charge in [-0.05, 0) is 18.4 Å². The fourth-order valence-electron chi connectivity index (χ4n) is 1.03. The maximum atomic E-state index is 4.16. The molecular formula is C9H10N4S3. The summed E-state index contributed by atoms with van der Waals surface area (Å²) in [5.74, 6) is 0.861. The van der Waals surface area contributed by atoms with E-state index < -0.39 is 0 Å². The van der Waals surface area contributed by atoms with Crippen LogP contribution in [-0.2, 0) is 0 Å². The minimum absolute atomic E-state index is 0.861. The third kappa shape index (κ3) is 2.87. The molecule has 2 aromatic rings. The second-order valence-corrected chi connectivity index (χ2v) is 6.12. The highest BCUT2D eigenvalue weighted by molar-refractivity contribution is 8.03. The van der Waals surface area contributed by atoms with Gasteiger partial charge in [0.2, 0.25) is 0 Å². The van der Waals surface area contributed by atoms with Crippen LogP contribution < -0.4 is 5.32 Å². The molecule has 0 spiro atoms. The van der Waals surface area contributed by atoms with Crippen LogP contribution in [0.2, 0.25) is 0 Å². The maximum Gasteiger partial charge on any atom is 0.179 e. The smallest absolute Gasteiger partial charge is 0.179 e. The highest BCUT2D eigenvalue weighted by Crippen LogP contribution is 2.33. The van der Waals surface area contributed by atoms with E-state index in [1.54, 1.807) is 41.1 Å². The van der Waals surface area contributed by atoms with Crippen LogP contribution in [-0.4, -0.2) is 28.5 Å². The van der Waals surface area contributed by atoms with Gasteiger partial charge in [-0.2, -0.15) is 0 Å². The number of hydrogen-bond donors (Lipinski definition) is 1. The predicted molar refractivity (Wildman–Crippen MR) is 69.6 cm³/mol. The van der Waals surface area contributed by atoms with Crippen LogP contribution in [0.15, 0.2) is 31.9 Å². The van der Waals surface area contributed by atoms with Crippen molar-refractivity contribution in [1.82, 2.24) is 15.2 Å². The van der Waals surface area contributed by atoms with E-state index in [0.717, 1.165) is 19.4 Å². The first-order valence-corrected chi connectivity index (χ1v) is 7.36. The van der Waals surface area contributed by atoms with Crippen molar-refractivity contribution in [2.75, 3.05) is 18.6 Å². The number of pyridine rings is 1. The van der Waals surface area contributed by atoms with Crippen LogP contribution in [0.4, 0.5) is 5.82 Å². The summed E-state index contributed by atoms with van der Waals surface area (Å²) in [5, 5.41) is 11.2. The lowest BCUT2D eigenvalue weighted by Gasteiger charge is -2.00. The third-order valence-electron chi connectivity index (χ3n) is 1.76. The number of nitrogens with one attached hydrogen (secondary N) is 1. The molecule has 7 heteroatoms. The minimum Gasteiger partial charge on any atom is -0.373 e. The van der Waals surface area contributed by atoms with E-state index in [1.165, 1.54) is 0 Å². The van der Waals surface area contributed by atoms with Gasteiger partial charge >= 0.3 is 0 Å². The monoisotopic (exact) mass is 270 g/mol. The van der Waals surface area contributed by atoms with Gasteiger partial charge in [0, 0.05) is 18.1 Å². The predicted octanol–water partition coefficient (Wildman–Crippen LogP) is 2.85. The molecule has 0 aromatic carbocycles. The SMILES string of the molecule is CNc1cc(Sc2nnc(SC)s2)ccn1. The molecule has 0 saturated heterocycles. The zero-order valence-electron chi connectivity index (χ0n) is 8.80. The molecule has 0 radical (unpaired) electrons. The fourth-order valence-corrected chi connectivity index (χ4v) is 3.47. The van der Waals surface area contributed by atoms with Gasteiger partial charge in [-0.1, -0.05) is 34.9 Å². The second kappa shape index (κ2) is 5.51. The lowest BCUT2D eigenvalue weighted by atomic mass is 10.5. The molecule has 0 aliphatic rings. The zero-order chi connectivity index (χ0) is 11.4. The quantitative estimate of drug-likeness (QED) is 0.862. The molecule has 1 N–H and O–H groups in total. The Kier molecular flexibility index (Phi) is 4.03. The molecule has 0 saturated carbocycles. The Labute approximate surface area is 106 Å². The van der Waals surface area contributed by atoms with Crippen LogP contribution in [0, 0.1) is 0 Å². The minimum atomic E-state index is 0.861. The number of anilines is 1. The molecule has 0 aliphatic carbocycles. The van der Waals surface area contributed by atoms with E-state index in [4.69, 9.17) is 0 Å². The van der Waals surface area contributed by atoms with Crippen LogP contribution in [0.1, 0.15) is 0 Å². The van der Waals surface area contributed by atoms with E-state index in [-0.39, 0.29) is 0 Å². The van der Waals surface area contributed by atoms with Gasteiger partial charge in [-0.15, -0.1) is 10.2 Å². The first-order valence-electron chi connectivity index (χ1n) is 4.51. The van der Waals surface area contributed by atoms with Crippen molar-refractivity contribution in [3.63, 3.8) is 0 Å². The first-order chi connectivity index (χ1) is 7.81. The molecular weight excluding hydrogens is 260 g/mol. The first kappa shape index (κ1) is 11.7. The van der Waals surface area contributed by atoms with Crippen molar-refractivity contribution >= 4 is 40.7 Å². The molecule has 2 heterocycles. The third-order valence-corrected chi connectivity index (χ3v) is 4.69. The van der Waals surface area contributed by atoms with E-state index >= 15 is 0 Å². The summed E-state index contributed by atoms with van der Waals surface area (Å²) in [6.07, 6.45) is 3.78. The molecule has 84 valence electrons. The van der Waals surface area contributed by atoms with Crippen molar-refractivity contribution in [2.24, 2.45) is 0 Å². The molecule has 2 aromatic heterocycles. The number of aromatic nitrogens is 3. The fraction of sp³-hybridized carbons (Fsp3) is 0.222. The van der Waals surface area contributed by atoms with Crippen molar-refractivity contribution in [3.05, 3.63) is 18.3 Å². The summed E-state index contributed by atoms with van der Waals surface area (Å²) in [6, 6.07) is 3.95. The summed E-state index contributed by atoms with van der Waals surface area (Å²) in [7, 11) is 1.85. The molecule has 16 heavy (non-hydrogen) atoms. The second-order valence-electron chi connectivity index (χ2n) is 2.77. The molecule has 4 nitrogen and oxygen atoms in total. The molecule has 0 aliphatic heterocycles. The maximum absolute atomic E-state index is 4.16. The molecule has 0 amide bonds. The number of rotatable bonds is 4. The Morgan fingerprint density at radius 1 is 1.31 bits per heavy atom. The average molecular weight is 270 g/mol. The molecule has 0 atom stereocenters. The summed E-state index contributed by atoms with van der Waals surface area (Å²) in [4.78, 5) is 5.27. The Balaban J connectivity index is 2.13. The standard InChI is InChI=1S/C9H10N4S3/c1-10-7-5-6(3-4-11-7)15-9-13-12-8(14-2)16-9/h3-5H,1-2H3,(H,10,11). The molecule has 0 fully saturated rings. The summed E-state index contributed by atoms with van der Waals surface area (Å²) in [6.45, 7) is 0. The Morgan fingerprint density at radius 3 is 2.81 bits per heavy atom. The highest BCUT2D eigenvalue weighted by Gasteiger charge is 2.05. The van der Waals surface area contributed by atoms with Crippen molar-refractivity contribution in [3.8, 4) is 0 Å². The van der Waals surface area contributed by atoms with Gasteiger partial charge in [-0.3, -0.25) is 0 Å². The lowest BCUT2D eigenvalue weighted by molar-refractivity contribution is 0.955. The topological polar surface area (TPSA) is 50.7 Å². The summed E-state index contributed by atoms with van der Waals surface area (Å²) in [5.41, 5.74) is 0. The van der Waals surface area contributed by atoms with E-state index in [9.17, 15) is 0 Å². The van der Waals surface area contributed by atoms with Crippen LogP contribution >= 0.6 is 34.9 Å². The van der Waals surface area contributed by atoms with E-state index in [0.29, 0.717) is 0 Å². The number of nitrogens with zero attached hydrogens (tertiary/aromatic N) is 3. The van der Waals surface area contributed by atoms with Gasteiger partial charge < -0.3 is 5.32 Å². The summed E-state index contributed by atoms with van der Waals surface area (Å²) >= 11 is 4.82. The van der Waals surface area contributed by atoms with Crippen LogP contribution in [0.5, 0.6) is 0 Å². The van der Waals surface area contributed by atoms with Crippen molar-refractivity contribution in [2.45, 2.75) is 13.6 Å². The van der Waals surface area contributed by atoms with Gasteiger partial charge in [-0.25, -0.2) is 4.98 Å². The number of thioether (sulfide) groups is 1. The van der Waals surface area contributed by atoms with Gasteiger partial charge in [0.25, 0.3) is 0 Å². The van der Waals surface area contributed by atoms with Gasteiger partial charge in [0.15, 0.2) is 8.68 Å². The molecule has 2 rings (SSSR count). The highest BCUT2D eigenvalue weighted by atomic mass is 32.2. The average Bonchev–Trinajstić information content (AvgIpc) is 2.77. The molecule has 0 bridgehead atoms. The zero-order valence-corrected chi connectivity index (χ0v) is 11.2. The largest absolute Gasteiger partial charge is 0.373 e. The van der Waals surface area contributed by atoms with Gasteiger partial charge in [0.05, 0.1) is 0 Å². The van der Waals surface area contributed by atoms with Gasteiger partial charge in [0.1, 0.15) is 5.82 Å². The number of hydrogen-bond acceptors (Lipinski definition) is 7. The molecule has 0 unspecified atom stereocenters. The normalized spacial score (nSPS) is 10.4. The van der Waals surface area contributed by atoms with E-state index in [2.05, 4.69) is 20.5 Å². The Bertz CT molecular complexity index is 471. The van der Waals surface area contributed by atoms with Crippen LogP contribution in [0.25, 0.3) is 0 Å². The van der Waals surface area contributed by atoms with E-state index in [1.807, 2.05) is 25.4 Å². The Hall–Kier alpha value is -0.790. The lowest BCUT2D eigenvalue weighted by Crippen LogP contribution is -1.90. The van der Waals surface area contributed by atoms with Crippen LogP contribution in [0.3, 0.4) is 0 Å².